The van der Waals surface area contributed by atoms with Crippen molar-refractivity contribution in [2.75, 3.05) is 32.7 Å². The van der Waals surface area contributed by atoms with Crippen molar-refractivity contribution in [1.29, 1.82) is 0 Å². The van der Waals surface area contributed by atoms with Crippen LogP contribution < -0.4 is 5.32 Å². The first kappa shape index (κ1) is 14.0. The summed E-state index contributed by atoms with van der Waals surface area (Å²) in [6.45, 7) is 7.43. The predicted molar refractivity (Wildman–Crippen MR) is 80.5 cm³/mol. The van der Waals surface area contributed by atoms with Crippen LogP contribution in [0.15, 0.2) is 30.3 Å². The number of alkyl halides is 1. The quantitative estimate of drug-likeness (QED) is 0.913. The fraction of sp³-hybridized carbons (Fsp3) is 0.647. The number of halogens is 1. The van der Waals surface area contributed by atoms with E-state index in [0.717, 1.165) is 38.3 Å². The van der Waals surface area contributed by atoms with Gasteiger partial charge in [-0.25, -0.2) is 4.39 Å². The zero-order chi connectivity index (χ0) is 14.1. The molecule has 20 heavy (non-hydrogen) atoms. The maximum absolute atomic E-state index is 15.0. The van der Waals surface area contributed by atoms with Gasteiger partial charge in [-0.3, -0.25) is 0 Å². The number of hydrogen-bond donors (Lipinski definition) is 1. The zero-order valence-corrected chi connectivity index (χ0v) is 12.4. The Kier molecular flexibility index (Phi) is 3.83. The highest BCUT2D eigenvalue weighted by Crippen LogP contribution is 2.38. The maximum Gasteiger partial charge on any atom is 0.138 e. The van der Waals surface area contributed by atoms with Crippen molar-refractivity contribution in [3.63, 3.8) is 0 Å². The second-order valence-corrected chi connectivity index (χ2v) is 6.84. The van der Waals surface area contributed by atoms with Crippen molar-refractivity contribution in [2.45, 2.75) is 31.9 Å². The molecule has 1 unspecified atom stereocenters. The number of rotatable bonds is 3. The van der Waals surface area contributed by atoms with Crippen molar-refractivity contribution in [3.05, 3.63) is 35.9 Å². The molecule has 0 aromatic heterocycles. The Morgan fingerprint density at radius 1 is 1.15 bits per heavy atom. The van der Waals surface area contributed by atoms with Crippen LogP contribution in [0.2, 0.25) is 0 Å². The third kappa shape index (κ3) is 2.89. The summed E-state index contributed by atoms with van der Waals surface area (Å²) in [6, 6.07) is 9.69. The summed E-state index contributed by atoms with van der Waals surface area (Å²) in [7, 11) is 0. The van der Waals surface area contributed by atoms with Gasteiger partial charge in [0.1, 0.15) is 5.67 Å². The minimum Gasteiger partial charge on any atom is -0.316 e. The van der Waals surface area contributed by atoms with Crippen molar-refractivity contribution >= 4 is 0 Å². The molecule has 3 heteroatoms. The first-order chi connectivity index (χ1) is 9.60. The average Bonchev–Trinajstić information content (AvgIpc) is 2.89. The molecule has 0 radical (unpaired) electrons. The second kappa shape index (κ2) is 5.45. The average molecular weight is 276 g/mol. The van der Waals surface area contributed by atoms with E-state index in [-0.39, 0.29) is 0 Å². The molecular weight excluding hydrogens is 251 g/mol. The first-order valence-electron chi connectivity index (χ1n) is 7.77. The lowest BCUT2D eigenvalue weighted by Gasteiger charge is -2.40. The van der Waals surface area contributed by atoms with Crippen LogP contribution in [0.5, 0.6) is 0 Å². The van der Waals surface area contributed by atoms with Gasteiger partial charge in [0, 0.05) is 26.2 Å². The van der Waals surface area contributed by atoms with Crippen LogP contribution in [-0.2, 0) is 5.67 Å². The fourth-order valence-corrected chi connectivity index (χ4v) is 3.63. The van der Waals surface area contributed by atoms with Gasteiger partial charge in [0.2, 0.25) is 0 Å². The normalized spacial score (nSPS) is 30.5. The summed E-state index contributed by atoms with van der Waals surface area (Å²) < 4.78 is 15.0. The molecule has 110 valence electrons. The predicted octanol–water partition coefficient (Wildman–Crippen LogP) is 2.95. The number of likely N-dealkylation sites (tertiary alicyclic amines) is 1. The highest BCUT2D eigenvalue weighted by atomic mass is 19.1. The Bertz CT molecular complexity index is 432. The highest BCUT2D eigenvalue weighted by Gasteiger charge is 2.38. The fourth-order valence-electron chi connectivity index (χ4n) is 3.63. The minimum atomic E-state index is -1.12. The third-order valence-corrected chi connectivity index (χ3v) is 5.00. The Balaban J connectivity index is 1.59. The van der Waals surface area contributed by atoms with Gasteiger partial charge in [-0.05, 0) is 36.8 Å². The lowest BCUT2D eigenvalue weighted by atomic mass is 9.84. The van der Waals surface area contributed by atoms with Crippen LogP contribution in [0.4, 0.5) is 4.39 Å². The summed E-state index contributed by atoms with van der Waals surface area (Å²) >= 11 is 0. The smallest absolute Gasteiger partial charge is 0.138 e. The highest BCUT2D eigenvalue weighted by molar-refractivity contribution is 5.23. The van der Waals surface area contributed by atoms with E-state index in [0.29, 0.717) is 18.3 Å². The number of nitrogens with one attached hydrogen (secondary N) is 1. The molecule has 2 nitrogen and oxygen atoms in total. The molecule has 1 N–H and O–H groups in total. The Hall–Kier alpha value is -0.930. The zero-order valence-electron chi connectivity index (χ0n) is 12.4. The van der Waals surface area contributed by atoms with Crippen molar-refractivity contribution in [3.8, 4) is 0 Å². The van der Waals surface area contributed by atoms with Crippen LogP contribution in [0.25, 0.3) is 0 Å². The number of nitrogens with zero attached hydrogens (tertiary/aromatic N) is 1. The van der Waals surface area contributed by atoms with Gasteiger partial charge in [-0.15, -0.1) is 0 Å². The minimum absolute atomic E-state index is 0.378. The van der Waals surface area contributed by atoms with E-state index in [1.165, 1.54) is 6.42 Å². The van der Waals surface area contributed by atoms with Gasteiger partial charge >= 0.3 is 0 Å². The standard InChI is InChI=1S/C17H25FN2/c1-16(7-10-19-13-16)14-20-11-8-17(18,9-12-20)15-5-3-2-4-6-15/h2-6,19H,7-14H2,1H3. The van der Waals surface area contributed by atoms with E-state index in [1.54, 1.807) is 0 Å². The van der Waals surface area contributed by atoms with Crippen molar-refractivity contribution < 1.29 is 4.39 Å². The van der Waals surface area contributed by atoms with E-state index in [2.05, 4.69) is 17.1 Å². The molecule has 2 aliphatic rings. The Morgan fingerprint density at radius 3 is 2.45 bits per heavy atom. The van der Waals surface area contributed by atoms with Gasteiger partial charge in [0.25, 0.3) is 0 Å². The van der Waals surface area contributed by atoms with Crippen LogP contribution in [0, 0.1) is 5.41 Å². The van der Waals surface area contributed by atoms with Gasteiger partial charge in [-0.1, -0.05) is 37.3 Å². The van der Waals surface area contributed by atoms with Gasteiger partial charge in [-0.2, -0.15) is 0 Å². The van der Waals surface area contributed by atoms with E-state index in [4.69, 9.17) is 0 Å². The molecule has 0 bridgehead atoms. The van der Waals surface area contributed by atoms with Crippen LogP contribution >= 0.6 is 0 Å². The van der Waals surface area contributed by atoms with Gasteiger partial charge < -0.3 is 10.2 Å². The topological polar surface area (TPSA) is 15.3 Å². The molecule has 0 aliphatic carbocycles. The molecule has 0 saturated carbocycles. The Morgan fingerprint density at radius 2 is 1.85 bits per heavy atom. The lowest BCUT2D eigenvalue weighted by molar-refractivity contribution is 0.0393. The molecule has 0 amide bonds. The van der Waals surface area contributed by atoms with E-state index in [1.807, 2.05) is 30.3 Å². The lowest BCUT2D eigenvalue weighted by Crippen LogP contribution is -2.45. The number of hydrogen-bond acceptors (Lipinski definition) is 2. The van der Waals surface area contributed by atoms with Crippen LogP contribution in [0.1, 0.15) is 31.7 Å². The molecule has 2 heterocycles. The number of benzene rings is 1. The summed E-state index contributed by atoms with van der Waals surface area (Å²) in [6.07, 6.45) is 2.49. The molecular formula is C17H25FN2. The largest absolute Gasteiger partial charge is 0.316 e. The van der Waals surface area contributed by atoms with E-state index >= 15 is 4.39 Å². The molecule has 2 saturated heterocycles. The maximum atomic E-state index is 15.0. The molecule has 1 atom stereocenters. The van der Waals surface area contributed by atoms with Gasteiger partial charge in [0.15, 0.2) is 0 Å². The molecule has 0 spiro atoms. The molecule has 1 aromatic carbocycles. The SMILES string of the molecule is CC1(CN2CCC(F)(c3ccccc3)CC2)CCNC1. The molecule has 3 rings (SSSR count). The summed E-state index contributed by atoms with van der Waals surface area (Å²) in [4.78, 5) is 2.45. The second-order valence-electron chi connectivity index (χ2n) is 6.84. The van der Waals surface area contributed by atoms with E-state index < -0.39 is 5.67 Å². The summed E-state index contributed by atoms with van der Waals surface area (Å²) in [5.74, 6) is 0. The van der Waals surface area contributed by atoms with Crippen molar-refractivity contribution in [2.24, 2.45) is 5.41 Å². The molecule has 2 fully saturated rings. The van der Waals surface area contributed by atoms with Crippen molar-refractivity contribution in [1.82, 2.24) is 10.2 Å². The van der Waals surface area contributed by atoms with Crippen LogP contribution in [0.3, 0.4) is 0 Å². The third-order valence-electron chi connectivity index (χ3n) is 5.00. The summed E-state index contributed by atoms with van der Waals surface area (Å²) in [5.41, 5.74) is 0.115. The monoisotopic (exact) mass is 276 g/mol. The number of piperidine rings is 1. The van der Waals surface area contributed by atoms with Crippen LogP contribution in [-0.4, -0.2) is 37.6 Å². The van der Waals surface area contributed by atoms with Gasteiger partial charge in [0.05, 0.1) is 0 Å². The van der Waals surface area contributed by atoms with E-state index in [9.17, 15) is 0 Å². The molecule has 1 aromatic rings. The first-order valence-corrected chi connectivity index (χ1v) is 7.77. The Labute approximate surface area is 121 Å². The molecule has 2 aliphatic heterocycles. The summed E-state index contributed by atoms with van der Waals surface area (Å²) in [5, 5.41) is 3.44.